The highest BCUT2D eigenvalue weighted by Crippen LogP contribution is 2.47. The molecule has 0 radical (unpaired) electrons. The van der Waals surface area contributed by atoms with E-state index in [4.69, 9.17) is 18.9 Å². The molecular weight excluding hydrogens is 576 g/mol. The van der Waals surface area contributed by atoms with Crippen molar-refractivity contribution < 1.29 is 29.2 Å². The van der Waals surface area contributed by atoms with Crippen LogP contribution in [-0.4, -0.2) is 32.6 Å². The Morgan fingerprint density at radius 1 is 0.478 bits per heavy atom. The summed E-state index contributed by atoms with van der Waals surface area (Å²) in [6, 6.07) is 11.0. The van der Waals surface area contributed by atoms with Gasteiger partial charge in [0.05, 0.1) is 0 Å². The summed E-state index contributed by atoms with van der Waals surface area (Å²) in [5.41, 5.74) is -0.548. The van der Waals surface area contributed by atoms with Gasteiger partial charge in [-0.25, -0.2) is 0 Å². The molecule has 4 aliphatic rings. The average molecular weight is 637 g/mol. The van der Waals surface area contributed by atoms with Gasteiger partial charge in [0, 0.05) is 0 Å². The van der Waals surface area contributed by atoms with Crippen molar-refractivity contribution in [1.29, 1.82) is 0 Å². The molecule has 0 spiro atoms. The van der Waals surface area contributed by atoms with Gasteiger partial charge in [0.1, 0.15) is 22.4 Å². The molecule has 0 bridgehead atoms. The molecule has 0 aliphatic heterocycles. The minimum Gasteiger partial charge on any atom is -0.504 e. The van der Waals surface area contributed by atoms with E-state index in [1.807, 2.05) is 24.3 Å². The molecule has 4 aliphatic carbocycles. The smallest absolute Gasteiger partial charge is 0.203 e. The van der Waals surface area contributed by atoms with Crippen LogP contribution in [0.3, 0.4) is 0 Å². The molecule has 6 rings (SSSR count). The molecule has 0 heterocycles. The number of aromatic hydroxyl groups is 2. The minimum absolute atomic E-state index is 0.101. The molecule has 2 aromatic carbocycles. The van der Waals surface area contributed by atoms with Crippen molar-refractivity contribution in [3.63, 3.8) is 0 Å². The molecule has 2 N–H and O–H groups in total. The van der Waals surface area contributed by atoms with Crippen molar-refractivity contribution in [1.82, 2.24) is 0 Å². The summed E-state index contributed by atoms with van der Waals surface area (Å²) in [6.45, 7) is 8.70. The van der Waals surface area contributed by atoms with Gasteiger partial charge < -0.3 is 29.2 Å². The van der Waals surface area contributed by atoms with Crippen molar-refractivity contribution >= 4 is 0 Å². The maximum atomic E-state index is 10.5. The zero-order chi connectivity index (χ0) is 32.7. The standard InChI is InChI=1S/C22H34O3.C18H26O3/c1-3-21(14-7-5-8-15-21)24-19-13-11-12-18(23)20(19)25-22(4-2)16-9-6-10-17-22;1-17(10-3-4-11-17)20-15-9-7-8-14(19)16(15)21-18(2)12-5-6-13-18/h11-13,23H,3-10,14-17H2,1-2H3;7-9,19H,3-6,10-13H2,1-2H3. The van der Waals surface area contributed by atoms with Gasteiger partial charge >= 0.3 is 0 Å². The van der Waals surface area contributed by atoms with Crippen LogP contribution < -0.4 is 18.9 Å². The lowest BCUT2D eigenvalue weighted by Gasteiger charge is -2.40. The first-order valence-electron chi connectivity index (χ1n) is 18.5. The third-order valence-corrected chi connectivity index (χ3v) is 11.4. The number of para-hydroxylation sites is 2. The van der Waals surface area contributed by atoms with Crippen molar-refractivity contribution in [3.05, 3.63) is 36.4 Å². The number of ether oxygens (including phenoxy) is 4. The number of phenols is 2. The highest BCUT2D eigenvalue weighted by atomic mass is 16.6. The first kappa shape index (κ1) is 34.6. The molecule has 4 fully saturated rings. The summed E-state index contributed by atoms with van der Waals surface area (Å²) in [5, 5.41) is 20.7. The maximum absolute atomic E-state index is 10.5. The molecule has 0 saturated heterocycles. The van der Waals surface area contributed by atoms with Gasteiger partial charge in [0.25, 0.3) is 0 Å². The molecule has 46 heavy (non-hydrogen) atoms. The molecular formula is C40H60O6. The molecule has 0 unspecified atom stereocenters. The van der Waals surface area contributed by atoms with E-state index in [-0.39, 0.29) is 33.9 Å². The fourth-order valence-corrected chi connectivity index (χ4v) is 8.23. The van der Waals surface area contributed by atoms with Crippen LogP contribution in [0.5, 0.6) is 34.5 Å². The van der Waals surface area contributed by atoms with Crippen LogP contribution in [0.1, 0.15) is 156 Å². The van der Waals surface area contributed by atoms with Crippen LogP contribution in [0.15, 0.2) is 36.4 Å². The number of phenolic OH excluding ortho intramolecular Hbond substituents is 2. The monoisotopic (exact) mass is 636 g/mol. The van der Waals surface area contributed by atoms with Crippen LogP contribution in [0, 0.1) is 0 Å². The summed E-state index contributed by atoms with van der Waals surface area (Å²) in [7, 11) is 0. The summed E-state index contributed by atoms with van der Waals surface area (Å²) < 4.78 is 25.5. The van der Waals surface area contributed by atoms with Crippen LogP contribution in [0.2, 0.25) is 0 Å². The summed E-state index contributed by atoms with van der Waals surface area (Å²) in [5.74, 6) is 2.88. The quantitative estimate of drug-likeness (QED) is 0.270. The van der Waals surface area contributed by atoms with E-state index in [0.29, 0.717) is 17.2 Å². The SMILES string of the molecule is CC1(Oc2cccc(O)c2OC2(C)CCCC2)CCCC1.CCC1(Oc2cccc(O)c2OC2(CC)CCCCC2)CCCCC1. The number of hydrogen-bond donors (Lipinski definition) is 2. The van der Waals surface area contributed by atoms with E-state index in [1.165, 1.54) is 64.2 Å². The van der Waals surface area contributed by atoms with Gasteiger partial charge in [-0.15, -0.1) is 0 Å². The fraction of sp³-hybridized carbons (Fsp3) is 0.700. The average Bonchev–Trinajstić information content (AvgIpc) is 3.70. The lowest BCUT2D eigenvalue weighted by molar-refractivity contribution is 0.000382. The third-order valence-electron chi connectivity index (χ3n) is 11.4. The van der Waals surface area contributed by atoms with Crippen LogP contribution >= 0.6 is 0 Å². The Kier molecular flexibility index (Phi) is 11.3. The van der Waals surface area contributed by atoms with E-state index in [2.05, 4.69) is 27.7 Å². The first-order valence-corrected chi connectivity index (χ1v) is 18.5. The molecule has 4 saturated carbocycles. The first-order chi connectivity index (χ1) is 22.1. The van der Waals surface area contributed by atoms with E-state index >= 15 is 0 Å². The Hall–Kier alpha value is -2.76. The lowest BCUT2D eigenvalue weighted by atomic mass is 9.82. The third kappa shape index (κ3) is 8.39. The van der Waals surface area contributed by atoms with Crippen molar-refractivity contribution in [2.45, 2.75) is 179 Å². The predicted molar refractivity (Wildman–Crippen MR) is 185 cm³/mol. The van der Waals surface area contributed by atoms with Gasteiger partial charge in [-0.05, 0) is 154 Å². The summed E-state index contributed by atoms with van der Waals surface area (Å²) in [6.07, 6.45) is 22.8. The highest BCUT2D eigenvalue weighted by molar-refractivity contribution is 5.52. The maximum Gasteiger partial charge on any atom is 0.203 e. The minimum atomic E-state index is -0.173. The van der Waals surface area contributed by atoms with Gasteiger partial charge in [-0.1, -0.05) is 38.8 Å². The normalized spacial score (nSPS) is 22.7. The summed E-state index contributed by atoms with van der Waals surface area (Å²) >= 11 is 0. The Morgan fingerprint density at radius 2 is 0.848 bits per heavy atom. The molecule has 0 atom stereocenters. The van der Waals surface area contributed by atoms with E-state index < -0.39 is 0 Å². The van der Waals surface area contributed by atoms with Crippen LogP contribution in [0.4, 0.5) is 0 Å². The van der Waals surface area contributed by atoms with E-state index in [1.54, 1.807) is 12.1 Å². The van der Waals surface area contributed by atoms with E-state index in [9.17, 15) is 10.2 Å². The molecule has 0 aromatic heterocycles. The highest BCUT2D eigenvalue weighted by Gasteiger charge is 2.38. The zero-order valence-electron chi connectivity index (χ0n) is 29.1. The number of benzene rings is 2. The second-order valence-corrected chi connectivity index (χ2v) is 15.1. The second-order valence-electron chi connectivity index (χ2n) is 15.1. The Balaban J connectivity index is 0.000000184. The van der Waals surface area contributed by atoms with Gasteiger partial charge in [0.2, 0.25) is 11.5 Å². The predicted octanol–water partition coefficient (Wildman–Crippen LogP) is 11.2. The Labute approximate surface area is 278 Å². The Morgan fingerprint density at radius 3 is 1.30 bits per heavy atom. The summed E-state index contributed by atoms with van der Waals surface area (Å²) in [4.78, 5) is 0. The van der Waals surface area contributed by atoms with Crippen molar-refractivity contribution in [3.8, 4) is 34.5 Å². The fourth-order valence-electron chi connectivity index (χ4n) is 8.23. The van der Waals surface area contributed by atoms with Gasteiger partial charge in [-0.2, -0.15) is 0 Å². The topological polar surface area (TPSA) is 77.4 Å². The van der Waals surface area contributed by atoms with Gasteiger partial charge in [0.15, 0.2) is 23.0 Å². The van der Waals surface area contributed by atoms with Crippen LogP contribution in [-0.2, 0) is 0 Å². The Bertz CT molecular complexity index is 1250. The van der Waals surface area contributed by atoms with Gasteiger partial charge in [-0.3, -0.25) is 0 Å². The molecule has 6 heteroatoms. The molecule has 2 aromatic rings. The lowest BCUT2D eigenvalue weighted by Crippen LogP contribution is -2.39. The number of hydrogen-bond acceptors (Lipinski definition) is 6. The number of rotatable bonds is 10. The molecule has 6 nitrogen and oxygen atoms in total. The second kappa shape index (κ2) is 15.0. The van der Waals surface area contributed by atoms with E-state index in [0.717, 1.165) is 70.0 Å². The molecule has 0 amide bonds. The van der Waals surface area contributed by atoms with Crippen LogP contribution in [0.25, 0.3) is 0 Å². The molecule has 256 valence electrons. The van der Waals surface area contributed by atoms with Crippen molar-refractivity contribution in [2.75, 3.05) is 0 Å². The zero-order valence-corrected chi connectivity index (χ0v) is 29.1. The van der Waals surface area contributed by atoms with Crippen molar-refractivity contribution in [2.24, 2.45) is 0 Å². The largest absolute Gasteiger partial charge is 0.504 e.